The number of amides is 1. The van der Waals surface area contributed by atoms with Crippen molar-refractivity contribution in [2.75, 3.05) is 6.61 Å². The van der Waals surface area contributed by atoms with Gasteiger partial charge < -0.3 is 10.1 Å². The standard InChI is InChI=1S/C17H21N3O4/c1-4-9-20-16(22)13-8-6-5-7-12(13)15(19-20)17(23)24-10-14(21)18-11(2)3/h5-8,11H,4,9-10H2,1-3H3,(H,18,21). The molecule has 7 nitrogen and oxygen atoms in total. The number of carbonyl (C=O) groups is 2. The molecule has 0 bridgehead atoms. The van der Waals surface area contributed by atoms with Crippen LogP contribution in [0, 0.1) is 0 Å². The Hall–Kier alpha value is -2.70. The van der Waals surface area contributed by atoms with Gasteiger partial charge in [-0.1, -0.05) is 25.1 Å². The maximum Gasteiger partial charge on any atom is 0.359 e. The molecule has 24 heavy (non-hydrogen) atoms. The predicted octanol–water partition coefficient (Wildman–Crippen LogP) is 1.49. The second-order valence-electron chi connectivity index (χ2n) is 5.72. The highest BCUT2D eigenvalue weighted by atomic mass is 16.5. The van der Waals surface area contributed by atoms with Crippen molar-refractivity contribution >= 4 is 22.6 Å². The third-order valence-corrected chi connectivity index (χ3v) is 3.28. The van der Waals surface area contributed by atoms with Gasteiger partial charge in [-0.25, -0.2) is 9.48 Å². The van der Waals surface area contributed by atoms with Crippen LogP contribution in [0.5, 0.6) is 0 Å². The molecular weight excluding hydrogens is 310 g/mol. The zero-order chi connectivity index (χ0) is 17.7. The molecule has 0 aliphatic heterocycles. The summed E-state index contributed by atoms with van der Waals surface area (Å²) in [5, 5.41) is 7.59. The van der Waals surface area contributed by atoms with Gasteiger partial charge in [0.2, 0.25) is 0 Å². The van der Waals surface area contributed by atoms with E-state index in [1.165, 1.54) is 4.68 Å². The van der Waals surface area contributed by atoms with Crippen molar-refractivity contribution in [3.63, 3.8) is 0 Å². The second-order valence-corrected chi connectivity index (χ2v) is 5.72. The van der Waals surface area contributed by atoms with E-state index in [1.54, 1.807) is 24.3 Å². The molecular formula is C17H21N3O4. The number of rotatable bonds is 6. The van der Waals surface area contributed by atoms with Gasteiger partial charge in [0.25, 0.3) is 11.5 Å². The van der Waals surface area contributed by atoms with E-state index in [0.29, 0.717) is 23.7 Å². The van der Waals surface area contributed by atoms with Crippen molar-refractivity contribution in [3.05, 3.63) is 40.3 Å². The third kappa shape index (κ3) is 3.98. The Morgan fingerprint density at radius 1 is 1.25 bits per heavy atom. The smallest absolute Gasteiger partial charge is 0.359 e. The van der Waals surface area contributed by atoms with E-state index in [0.717, 1.165) is 0 Å². The van der Waals surface area contributed by atoms with Crippen LogP contribution in [-0.4, -0.2) is 34.3 Å². The number of ether oxygens (including phenoxy) is 1. The van der Waals surface area contributed by atoms with Crippen LogP contribution < -0.4 is 10.9 Å². The molecule has 1 amide bonds. The summed E-state index contributed by atoms with van der Waals surface area (Å²) in [5.41, 5.74) is -0.211. The molecule has 2 rings (SSSR count). The number of hydrogen-bond acceptors (Lipinski definition) is 5. The molecule has 0 saturated heterocycles. The van der Waals surface area contributed by atoms with Crippen LogP contribution >= 0.6 is 0 Å². The zero-order valence-corrected chi connectivity index (χ0v) is 14.0. The SMILES string of the molecule is CCCn1nc(C(=O)OCC(=O)NC(C)C)c2ccccc2c1=O. The normalized spacial score (nSPS) is 10.8. The summed E-state index contributed by atoms with van der Waals surface area (Å²) in [7, 11) is 0. The predicted molar refractivity (Wildman–Crippen MR) is 89.9 cm³/mol. The Kier molecular flexibility index (Phi) is 5.68. The Balaban J connectivity index is 2.33. The molecule has 1 heterocycles. The Morgan fingerprint density at radius 2 is 1.92 bits per heavy atom. The highest BCUT2D eigenvalue weighted by Crippen LogP contribution is 2.14. The molecule has 0 spiro atoms. The van der Waals surface area contributed by atoms with Gasteiger partial charge in [0.05, 0.1) is 5.39 Å². The average Bonchev–Trinajstić information content (AvgIpc) is 2.55. The molecule has 2 aromatic rings. The van der Waals surface area contributed by atoms with Crippen LogP contribution in [0.3, 0.4) is 0 Å². The average molecular weight is 331 g/mol. The Labute approximate surface area is 139 Å². The minimum absolute atomic E-state index is 0.0380. The molecule has 0 aliphatic rings. The number of benzene rings is 1. The topological polar surface area (TPSA) is 90.3 Å². The number of nitrogens with zero attached hydrogens (tertiary/aromatic N) is 2. The first kappa shape index (κ1) is 17.7. The van der Waals surface area contributed by atoms with E-state index in [2.05, 4.69) is 10.4 Å². The van der Waals surface area contributed by atoms with Gasteiger partial charge in [-0.05, 0) is 26.3 Å². The molecule has 1 aromatic carbocycles. The van der Waals surface area contributed by atoms with Crippen molar-refractivity contribution in [1.29, 1.82) is 0 Å². The molecule has 0 unspecified atom stereocenters. The molecule has 128 valence electrons. The van der Waals surface area contributed by atoms with E-state index >= 15 is 0 Å². The number of fused-ring (bicyclic) bond motifs is 1. The molecule has 0 atom stereocenters. The minimum atomic E-state index is -0.727. The van der Waals surface area contributed by atoms with Gasteiger partial charge in [-0.3, -0.25) is 9.59 Å². The first-order valence-corrected chi connectivity index (χ1v) is 7.90. The van der Waals surface area contributed by atoms with Crippen molar-refractivity contribution in [2.24, 2.45) is 0 Å². The van der Waals surface area contributed by atoms with Gasteiger partial charge in [0.1, 0.15) is 0 Å². The summed E-state index contributed by atoms with van der Waals surface area (Å²) < 4.78 is 6.30. The lowest BCUT2D eigenvalue weighted by Gasteiger charge is -2.11. The van der Waals surface area contributed by atoms with Crippen LogP contribution in [0.2, 0.25) is 0 Å². The molecule has 0 aliphatic carbocycles. The second kappa shape index (κ2) is 7.72. The summed E-state index contributed by atoms with van der Waals surface area (Å²) in [5.74, 6) is -1.11. The van der Waals surface area contributed by atoms with Crippen LogP contribution in [0.1, 0.15) is 37.7 Å². The summed E-state index contributed by atoms with van der Waals surface area (Å²) in [6.07, 6.45) is 0.705. The van der Waals surface area contributed by atoms with Crippen LogP contribution in [0.15, 0.2) is 29.1 Å². The number of carbonyl (C=O) groups excluding carboxylic acids is 2. The summed E-state index contributed by atoms with van der Waals surface area (Å²) >= 11 is 0. The molecule has 0 fully saturated rings. The quantitative estimate of drug-likeness (QED) is 0.810. The number of aryl methyl sites for hydroxylation is 1. The lowest BCUT2D eigenvalue weighted by molar-refractivity contribution is -0.124. The maximum absolute atomic E-state index is 12.4. The zero-order valence-electron chi connectivity index (χ0n) is 14.0. The molecule has 7 heteroatoms. The first-order chi connectivity index (χ1) is 11.4. The third-order valence-electron chi connectivity index (χ3n) is 3.28. The Morgan fingerprint density at radius 3 is 2.54 bits per heavy atom. The first-order valence-electron chi connectivity index (χ1n) is 7.90. The molecule has 1 N–H and O–H groups in total. The van der Waals surface area contributed by atoms with Crippen molar-refractivity contribution in [3.8, 4) is 0 Å². The molecule has 0 saturated carbocycles. The number of aromatic nitrogens is 2. The largest absolute Gasteiger partial charge is 0.451 e. The van der Waals surface area contributed by atoms with E-state index in [9.17, 15) is 14.4 Å². The fraction of sp³-hybridized carbons (Fsp3) is 0.412. The summed E-state index contributed by atoms with van der Waals surface area (Å²) in [6.45, 7) is 5.56. The van der Waals surface area contributed by atoms with Crippen LogP contribution in [0.4, 0.5) is 0 Å². The number of esters is 1. The van der Waals surface area contributed by atoms with E-state index in [-0.39, 0.29) is 29.8 Å². The van der Waals surface area contributed by atoms with Crippen molar-refractivity contribution < 1.29 is 14.3 Å². The van der Waals surface area contributed by atoms with Gasteiger partial charge in [-0.2, -0.15) is 5.10 Å². The van der Waals surface area contributed by atoms with Crippen molar-refractivity contribution in [2.45, 2.75) is 39.8 Å². The monoisotopic (exact) mass is 331 g/mol. The summed E-state index contributed by atoms with van der Waals surface area (Å²) in [4.78, 5) is 36.3. The summed E-state index contributed by atoms with van der Waals surface area (Å²) in [6, 6.07) is 6.70. The Bertz CT molecular complexity index is 811. The highest BCUT2D eigenvalue weighted by Gasteiger charge is 2.18. The lowest BCUT2D eigenvalue weighted by Crippen LogP contribution is -2.34. The van der Waals surface area contributed by atoms with E-state index < -0.39 is 5.97 Å². The maximum atomic E-state index is 12.4. The fourth-order valence-corrected chi connectivity index (χ4v) is 2.31. The van der Waals surface area contributed by atoms with E-state index in [1.807, 2.05) is 20.8 Å². The number of hydrogen-bond donors (Lipinski definition) is 1. The fourth-order valence-electron chi connectivity index (χ4n) is 2.31. The minimum Gasteiger partial charge on any atom is -0.451 e. The molecule has 1 aromatic heterocycles. The number of nitrogens with one attached hydrogen (secondary N) is 1. The molecule has 0 radical (unpaired) electrons. The van der Waals surface area contributed by atoms with Gasteiger partial charge >= 0.3 is 5.97 Å². The van der Waals surface area contributed by atoms with Crippen molar-refractivity contribution in [1.82, 2.24) is 15.1 Å². The van der Waals surface area contributed by atoms with Gasteiger partial charge in [0, 0.05) is 18.0 Å². The van der Waals surface area contributed by atoms with Gasteiger partial charge in [-0.15, -0.1) is 0 Å². The van der Waals surface area contributed by atoms with E-state index in [4.69, 9.17) is 4.74 Å². The van der Waals surface area contributed by atoms with Crippen LogP contribution in [-0.2, 0) is 16.1 Å². The van der Waals surface area contributed by atoms with Gasteiger partial charge in [0.15, 0.2) is 12.3 Å². The highest BCUT2D eigenvalue weighted by molar-refractivity contribution is 6.02. The van der Waals surface area contributed by atoms with Crippen LogP contribution in [0.25, 0.3) is 10.8 Å². The lowest BCUT2D eigenvalue weighted by atomic mass is 10.1.